The molecular formula is C22H20N4O3S. The fraction of sp³-hybridized carbons (Fsp3) is 0.136. The molecule has 8 heteroatoms. The molecule has 0 spiro atoms. The van der Waals surface area contributed by atoms with E-state index < -0.39 is 0 Å². The number of carbonyl (C=O) groups is 2. The molecule has 3 N–H and O–H groups in total. The number of aryl methyl sites for hydroxylation is 1. The molecule has 0 bridgehead atoms. The van der Waals surface area contributed by atoms with Crippen molar-refractivity contribution < 1.29 is 14.0 Å². The number of amides is 2. The number of fused-ring (bicyclic) bond motifs is 1. The molecule has 30 heavy (non-hydrogen) atoms. The Balaban J connectivity index is 1.24. The third kappa shape index (κ3) is 5.09. The summed E-state index contributed by atoms with van der Waals surface area (Å²) in [5.41, 5.74) is 8.35. The van der Waals surface area contributed by atoms with Gasteiger partial charge in [0.15, 0.2) is 5.16 Å². The van der Waals surface area contributed by atoms with Gasteiger partial charge in [0.05, 0.1) is 17.3 Å². The lowest BCUT2D eigenvalue weighted by Gasteiger charge is -2.07. The molecule has 4 rings (SSSR count). The Hall–Kier alpha value is -3.52. The van der Waals surface area contributed by atoms with Gasteiger partial charge in [-0.2, -0.15) is 0 Å². The summed E-state index contributed by atoms with van der Waals surface area (Å²) in [5.74, 6) is 0.814. The summed E-state index contributed by atoms with van der Waals surface area (Å²) in [7, 11) is 0. The number of imidazole rings is 1. The van der Waals surface area contributed by atoms with E-state index in [4.69, 9.17) is 4.42 Å². The van der Waals surface area contributed by atoms with Gasteiger partial charge in [0.2, 0.25) is 5.91 Å². The van der Waals surface area contributed by atoms with Crippen LogP contribution in [0.25, 0.3) is 11.0 Å². The molecule has 4 aromatic rings. The number of aromatic amines is 1. The fourth-order valence-electron chi connectivity index (χ4n) is 2.85. The van der Waals surface area contributed by atoms with E-state index in [0.29, 0.717) is 12.0 Å². The van der Waals surface area contributed by atoms with Crippen LogP contribution in [0.2, 0.25) is 0 Å². The number of nitrogens with zero attached hydrogens (tertiary/aromatic N) is 1. The van der Waals surface area contributed by atoms with Gasteiger partial charge in [-0.15, -0.1) is 0 Å². The third-order valence-electron chi connectivity index (χ3n) is 4.45. The highest BCUT2D eigenvalue weighted by Crippen LogP contribution is 2.23. The lowest BCUT2D eigenvalue weighted by atomic mass is 10.1. The maximum Gasteiger partial charge on any atom is 0.269 e. The van der Waals surface area contributed by atoms with Gasteiger partial charge in [-0.25, -0.2) is 4.98 Å². The minimum atomic E-state index is -0.363. The SMILES string of the molecule is O=C(CCc1ccco1)NNC(=O)c1ccc(CSc2nc3ccccc3[nH]2)cc1. The van der Waals surface area contributed by atoms with E-state index >= 15 is 0 Å². The standard InChI is InChI=1S/C22H20N4O3S/c27-20(12-11-17-4-3-13-29-17)25-26-21(28)16-9-7-15(8-10-16)14-30-22-23-18-5-1-2-6-19(18)24-22/h1-10,13H,11-12,14H2,(H,23,24)(H,25,27)(H,26,28). The summed E-state index contributed by atoms with van der Waals surface area (Å²) in [6.45, 7) is 0. The van der Waals surface area contributed by atoms with E-state index in [9.17, 15) is 9.59 Å². The molecule has 0 aliphatic carbocycles. The van der Waals surface area contributed by atoms with Crippen LogP contribution in [0.3, 0.4) is 0 Å². The van der Waals surface area contributed by atoms with Gasteiger partial charge in [-0.3, -0.25) is 20.4 Å². The lowest BCUT2D eigenvalue weighted by molar-refractivity contribution is -0.121. The molecule has 152 valence electrons. The van der Waals surface area contributed by atoms with E-state index in [1.54, 1.807) is 42.3 Å². The average molecular weight is 420 g/mol. The van der Waals surface area contributed by atoms with Gasteiger partial charge >= 0.3 is 0 Å². The van der Waals surface area contributed by atoms with Crippen LogP contribution in [0.15, 0.2) is 76.5 Å². The molecule has 2 amide bonds. The van der Waals surface area contributed by atoms with Crippen molar-refractivity contribution in [1.29, 1.82) is 0 Å². The van der Waals surface area contributed by atoms with Crippen LogP contribution in [0, 0.1) is 0 Å². The van der Waals surface area contributed by atoms with Gasteiger partial charge in [0.1, 0.15) is 5.76 Å². The number of benzene rings is 2. The molecule has 0 saturated carbocycles. The second-order valence-electron chi connectivity index (χ2n) is 6.63. The van der Waals surface area contributed by atoms with Crippen molar-refractivity contribution in [3.8, 4) is 0 Å². The third-order valence-corrected chi connectivity index (χ3v) is 5.40. The first kappa shape index (κ1) is 19.8. The van der Waals surface area contributed by atoms with Crippen molar-refractivity contribution in [3.05, 3.63) is 83.8 Å². The topological polar surface area (TPSA) is 100 Å². The second-order valence-corrected chi connectivity index (χ2v) is 7.59. The average Bonchev–Trinajstić information content (AvgIpc) is 3.44. The normalized spacial score (nSPS) is 10.8. The van der Waals surface area contributed by atoms with Crippen LogP contribution in [0.5, 0.6) is 0 Å². The number of para-hydroxylation sites is 2. The number of thioether (sulfide) groups is 1. The number of aromatic nitrogens is 2. The largest absolute Gasteiger partial charge is 0.469 e. The van der Waals surface area contributed by atoms with Crippen molar-refractivity contribution in [2.45, 2.75) is 23.8 Å². The quantitative estimate of drug-likeness (QED) is 0.312. The zero-order chi connectivity index (χ0) is 20.8. The predicted octanol–water partition coefficient (Wildman–Crippen LogP) is 3.84. The Morgan fingerprint density at radius 3 is 2.60 bits per heavy atom. The van der Waals surface area contributed by atoms with Crippen molar-refractivity contribution in [2.75, 3.05) is 0 Å². The minimum Gasteiger partial charge on any atom is -0.469 e. The van der Waals surface area contributed by atoms with E-state index in [1.807, 2.05) is 36.4 Å². The van der Waals surface area contributed by atoms with Crippen LogP contribution in [0.4, 0.5) is 0 Å². The Morgan fingerprint density at radius 1 is 1.00 bits per heavy atom. The van der Waals surface area contributed by atoms with Crippen molar-refractivity contribution in [2.24, 2.45) is 0 Å². The van der Waals surface area contributed by atoms with Crippen LogP contribution >= 0.6 is 11.8 Å². The zero-order valence-corrected chi connectivity index (χ0v) is 16.9. The number of furan rings is 1. The summed E-state index contributed by atoms with van der Waals surface area (Å²) in [6.07, 6.45) is 2.27. The van der Waals surface area contributed by atoms with Gasteiger partial charge in [-0.1, -0.05) is 36.0 Å². The van der Waals surface area contributed by atoms with Crippen LogP contribution in [-0.4, -0.2) is 21.8 Å². The van der Waals surface area contributed by atoms with Gasteiger partial charge < -0.3 is 9.40 Å². The molecule has 2 aromatic heterocycles. The number of hydrogen-bond acceptors (Lipinski definition) is 5. The van der Waals surface area contributed by atoms with E-state index in [1.165, 1.54) is 0 Å². The molecule has 0 fully saturated rings. The summed E-state index contributed by atoms with van der Waals surface area (Å²) in [4.78, 5) is 31.9. The molecule has 2 heterocycles. The first-order valence-electron chi connectivity index (χ1n) is 9.45. The fourth-order valence-corrected chi connectivity index (χ4v) is 3.70. The number of H-pyrrole nitrogens is 1. The Labute approximate surface area is 177 Å². The molecule has 0 aliphatic rings. The van der Waals surface area contributed by atoms with Crippen molar-refractivity contribution in [1.82, 2.24) is 20.8 Å². The molecular weight excluding hydrogens is 400 g/mol. The number of hydrazine groups is 1. The van der Waals surface area contributed by atoms with Crippen molar-refractivity contribution >= 4 is 34.6 Å². The van der Waals surface area contributed by atoms with Crippen LogP contribution in [-0.2, 0) is 17.0 Å². The highest BCUT2D eigenvalue weighted by atomic mass is 32.2. The molecule has 0 saturated heterocycles. The molecule has 0 atom stereocenters. The van der Waals surface area contributed by atoms with Crippen LogP contribution < -0.4 is 10.9 Å². The summed E-state index contributed by atoms with van der Waals surface area (Å²) in [5, 5.41) is 0.857. The molecule has 0 radical (unpaired) electrons. The monoisotopic (exact) mass is 420 g/mol. The lowest BCUT2D eigenvalue weighted by Crippen LogP contribution is -2.41. The Kier molecular flexibility index (Phi) is 6.14. The number of nitrogens with one attached hydrogen (secondary N) is 3. The summed E-state index contributed by atoms with van der Waals surface area (Å²) in [6, 6.07) is 18.7. The Morgan fingerprint density at radius 2 is 1.83 bits per heavy atom. The van der Waals surface area contributed by atoms with Gasteiger partial charge in [0, 0.05) is 24.2 Å². The maximum atomic E-state index is 12.2. The summed E-state index contributed by atoms with van der Waals surface area (Å²) >= 11 is 1.60. The van der Waals surface area contributed by atoms with E-state index in [-0.39, 0.29) is 18.2 Å². The molecule has 2 aromatic carbocycles. The molecule has 7 nitrogen and oxygen atoms in total. The first-order valence-corrected chi connectivity index (χ1v) is 10.4. The highest BCUT2D eigenvalue weighted by Gasteiger charge is 2.09. The first-order chi connectivity index (χ1) is 14.7. The smallest absolute Gasteiger partial charge is 0.269 e. The predicted molar refractivity (Wildman–Crippen MR) is 115 cm³/mol. The van der Waals surface area contributed by atoms with Gasteiger partial charge in [-0.05, 0) is 42.0 Å². The van der Waals surface area contributed by atoms with Crippen LogP contribution in [0.1, 0.15) is 28.1 Å². The van der Waals surface area contributed by atoms with E-state index in [2.05, 4.69) is 20.8 Å². The minimum absolute atomic E-state index is 0.228. The Bertz CT molecular complexity index is 1100. The zero-order valence-electron chi connectivity index (χ0n) is 16.1. The van der Waals surface area contributed by atoms with Crippen molar-refractivity contribution in [3.63, 3.8) is 0 Å². The number of hydrogen-bond donors (Lipinski definition) is 3. The van der Waals surface area contributed by atoms with E-state index in [0.717, 1.165) is 33.3 Å². The second kappa shape index (κ2) is 9.32. The molecule has 0 aliphatic heterocycles. The number of rotatable bonds is 7. The maximum absolute atomic E-state index is 12.2. The molecule has 0 unspecified atom stereocenters. The highest BCUT2D eigenvalue weighted by molar-refractivity contribution is 7.98. The van der Waals surface area contributed by atoms with Gasteiger partial charge in [0.25, 0.3) is 5.91 Å². The summed E-state index contributed by atoms with van der Waals surface area (Å²) < 4.78 is 5.18. The number of carbonyl (C=O) groups excluding carboxylic acids is 2.